The van der Waals surface area contributed by atoms with Crippen molar-refractivity contribution in [2.24, 2.45) is 0 Å². The van der Waals surface area contributed by atoms with Gasteiger partial charge < -0.3 is 9.47 Å². The van der Waals surface area contributed by atoms with Crippen LogP contribution < -0.4 is 9.47 Å². The number of carbonyl (C=O) groups excluding carboxylic acids is 1. The summed E-state index contributed by atoms with van der Waals surface area (Å²) in [7, 11) is 0. The third kappa shape index (κ3) is 6.34. The molecule has 1 aliphatic rings. The van der Waals surface area contributed by atoms with Gasteiger partial charge in [-0.3, -0.25) is 9.69 Å². The minimum Gasteiger partial charge on any atom is -0.493 e. The number of hydrogen-bond donors (Lipinski definition) is 0. The largest absolute Gasteiger partial charge is 0.493 e. The van der Waals surface area contributed by atoms with Crippen molar-refractivity contribution in [2.45, 2.75) is 39.5 Å². The minimum atomic E-state index is -0.0223. The van der Waals surface area contributed by atoms with Gasteiger partial charge in [0.1, 0.15) is 15.8 Å². The van der Waals surface area contributed by atoms with E-state index < -0.39 is 0 Å². The van der Waals surface area contributed by atoms with E-state index in [0.717, 1.165) is 23.5 Å². The summed E-state index contributed by atoms with van der Waals surface area (Å²) in [5.41, 5.74) is 2.39. The van der Waals surface area contributed by atoms with Gasteiger partial charge in [-0.25, -0.2) is 0 Å². The van der Waals surface area contributed by atoms with E-state index in [4.69, 9.17) is 21.7 Å². The molecule has 0 atom stereocenters. The Morgan fingerprint density at radius 1 is 0.968 bits per heavy atom. The second-order valence-corrected chi connectivity index (χ2v) is 10.00. The fourth-order valence-corrected chi connectivity index (χ4v) is 4.46. The van der Waals surface area contributed by atoms with Gasteiger partial charge in [0, 0.05) is 13.0 Å². The maximum absolute atomic E-state index is 12.3. The van der Waals surface area contributed by atoms with Crippen molar-refractivity contribution in [2.75, 3.05) is 19.8 Å². The number of likely N-dealkylation sites (N-methyl/N-ethyl adjacent to an activating group) is 1. The Hall–Kier alpha value is -2.31. The van der Waals surface area contributed by atoms with Gasteiger partial charge in [0.15, 0.2) is 0 Å². The van der Waals surface area contributed by atoms with Crippen LogP contribution in [0.3, 0.4) is 0 Å². The van der Waals surface area contributed by atoms with Crippen LogP contribution in [0.4, 0.5) is 0 Å². The van der Waals surface area contributed by atoms with Crippen molar-refractivity contribution in [1.29, 1.82) is 0 Å². The highest BCUT2D eigenvalue weighted by molar-refractivity contribution is 8.26. The number of hydrogen-bond acceptors (Lipinski definition) is 5. The van der Waals surface area contributed by atoms with Gasteiger partial charge in [0.2, 0.25) is 0 Å². The molecule has 2 aromatic rings. The van der Waals surface area contributed by atoms with Crippen LogP contribution in [0.25, 0.3) is 6.08 Å². The zero-order valence-corrected chi connectivity index (χ0v) is 20.1. The Kier molecular flexibility index (Phi) is 7.79. The summed E-state index contributed by atoms with van der Waals surface area (Å²) in [6.07, 6.45) is 2.67. The highest BCUT2D eigenvalue weighted by atomic mass is 32.2. The van der Waals surface area contributed by atoms with E-state index in [1.165, 1.54) is 17.3 Å². The number of benzene rings is 2. The maximum atomic E-state index is 12.3. The third-order valence-electron chi connectivity index (χ3n) is 4.91. The number of thiocarbonyl (C=S) groups is 1. The van der Waals surface area contributed by atoms with Crippen LogP contribution in [0.5, 0.6) is 11.5 Å². The molecule has 1 fully saturated rings. The van der Waals surface area contributed by atoms with E-state index in [0.29, 0.717) is 29.0 Å². The first kappa shape index (κ1) is 23.4. The van der Waals surface area contributed by atoms with E-state index in [-0.39, 0.29) is 11.3 Å². The molecule has 1 amide bonds. The van der Waals surface area contributed by atoms with Crippen molar-refractivity contribution in [3.05, 3.63) is 64.6 Å². The lowest BCUT2D eigenvalue weighted by atomic mass is 9.87. The highest BCUT2D eigenvalue weighted by Gasteiger charge is 2.30. The molecule has 2 aromatic carbocycles. The van der Waals surface area contributed by atoms with Crippen molar-refractivity contribution in [3.63, 3.8) is 0 Å². The molecule has 0 unspecified atom stereocenters. The van der Waals surface area contributed by atoms with Crippen LogP contribution in [0.15, 0.2) is 53.4 Å². The third-order valence-corrected chi connectivity index (χ3v) is 6.29. The summed E-state index contributed by atoms with van der Waals surface area (Å²) >= 11 is 6.60. The molecule has 0 bridgehead atoms. The number of amides is 1. The zero-order valence-electron chi connectivity index (χ0n) is 18.5. The standard InChI is InChI=1S/C25H29NO3S2/c1-5-26-23(27)22(31-24(26)30)17-18-7-11-20(12-8-18)28-15-6-16-29-21-13-9-19(10-14-21)25(2,3)4/h7-14,17H,5-6,15-16H2,1-4H3. The Morgan fingerprint density at radius 3 is 2.00 bits per heavy atom. The normalized spacial score (nSPS) is 15.6. The molecule has 0 radical (unpaired) electrons. The summed E-state index contributed by atoms with van der Waals surface area (Å²) in [5.74, 6) is 1.66. The molecule has 0 aromatic heterocycles. The lowest BCUT2D eigenvalue weighted by Crippen LogP contribution is -2.27. The van der Waals surface area contributed by atoms with Crippen LogP contribution in [0.1, 0.15) is 45.2 Å². The predicted octanol–water partition coefficient (Wildman–Crippen LogP) is 6.05. The number of rotatable bonds is 8. The molecule has 1 aliphatic heterocycles. The zero-order chi connectivity index (χ0) is 22.4. The number of thioether (sulfide) groups is 1. The molecule has 3 rings (SSSR count). The van der Waals surface area contributed by atoms with Crippen molar-refractivity contribution in [1.82, 2.24) is 4.90 Å². The van der Waals surface area contributed by atoms with Gasteiger partial charge in [-0.1, -0.05) is 69.0 Å². The van der Waals surface area contributed by atoms with E-state index in [9.17, 15) is 4.79 Å². The van der Waals surface area contributed by atoms with Gasteiger partial charge in [-0.05, 0) is 53.8 Å². The molecule has 4 nitrogen and oxygen atoms in total. The van der Waals surface area contributed by atoms with E-state index in [1.807, 2.05) is 49.4 Å². The van der Waals surface area contributed by atoms with Crippen LogP contribution in [0, 0.1) is 0 Å². The van der Waals surface area contributed by atoms with Crippen molar-refractivity contribution in [3.8, 4) is 11.5 Å². The Labute approximate surface area is 194 Å². The Balaban J connectivity index is 1.42. The van der Waals surface area contributed by atoms with Crippen LogP contribution in [-0.4, -0.2) is 34.9 Å². The topological polar surface area (TPSA) is 38.8 Å². The quantitative estimate of drug-likeness (QED) is 0.275. The van der Waals surface area contributed by atoms with Crippen LogP contribution >= 0.6 is 24.0 Å². The van der Waals surface area contributed by atoms with E-state index in [2.05, 4.69) is 32.9 Å². The Morgan fingerprint density at radius 2 is 1.52 bits per heavy atom. The Bertz CT molecular complexity index is 944. The minimum absolute atomic E-state index is 0.0223. The molecule has 0 aliphatic carbocycles. The van der Waals surface area contributed by atoms with Crippen molar-refractivity contribution >= 4 is 40.3 Å². The molecule has 1 heterocycles. The summed E-state index contributed by atoms with van der Waals surface area (Å²) in [5, 5.41) is 0. The second kappa shape index (κ2) is 10.3. The van der Waals surface area contributed by atoms with Gasteiger partial charge in [-0.15, -0.1) is 0 Å². The summed E-state index contributed by atoms with van der Waals surface area (Å²) in [4.78, 5) is 14.6. The number of ether oxygens (including phenoxy) is 2. The molecule has 1 saturated heterocycles. The number of carbonyl (C=O) groups is 1. The van der Waals surface area contributed by atoms with Crippen molar-refractivity contribution < 1.29 is 14.3 Å². The van der Waals surface area contributed by atoms with Crippen LogP contribution in [-0.2, 0) is 10.2 Å². The highest BCUT2D eigenvalue weighted by Crippen LogP contribution is 2.32. The molecule has 0 saturated carbocycles. The van der Waals surface area contributed by atoms with Gasteiger partial charge in [-0.2, -0.15) is 0 Å². The first-order chi connectivity index (χ1) is 14.8. The molecule has 0 N–H and O–H groups in total. The summed E-state index contributed by atoms with van der Waals surface area (Å²) in [6, 6.07) is 16.0. The number of nitrogens with zero attached hydrogens (tertiary/aromatic N) is 1. The van der Waals surface area contributed by atoms with E-state index >= 15 is 0 Å². The lowest BCUT2D eigenvalue weighted by molar-refractivity contribution is -0.121. The van der Waals surface area contributed by atoms with E-state index in [1.54, 1.807) is 4.90 Å². The molecular formula is C25H29NO3S2. The first-order valence-corrected chi connectivity index (χ1v) is 11.7. The van der Waals surface area contributed by atoms with Gasteiger partial charge >= 0.3 is 0 Å². The average molecular weight is 456 g/mol. The average Bonchev–Trinajstić information content (AvgIpc) is 3.01. The molecule has 6 heteroatoms. The first-order valence-electron chi connectivity index (χ1n) is 10.5. The molecule has 31 heavy (non-hydrogen) atoms. The lowest BCUT2D eigenvalue weighted by Gasteiger charge is -2.19. The monoisotopic (exact) mass is 455 g/mol. The van der Waals surface area contributed by atoms with Gasteiger partial charge in [0.25, 0.3) is 5.91 Å². The maximum Gasteiger partial charge on any atom is 0.266 e. The fourth-order valence-electron chi connectivity index (χ4n) is 3.07. The fraction of sp³-hybridized carbons (Fsp3) is 0.360. The predicted molar refractivity (Wildman–Crippen MR) is 133 cm³/mol. The molecule has 0 spiro atoms. The smallest absolute Gasteiger partial charge is 0.266 e. The van der Waals surface area contributed by atoms with Gasteiger partial charge in [0.05, 0.1) is 18.1 Å². The van der Waals surface area contributed by atoms with Crippen LogP contribution in [0.2, 0.25) is 0 Å². The summed E-state index contributed by atoms with van der Waals surface area (Å²) in [6.45, 7) is 10.3. The SMILES string of the molecule is CCN1C(=O)C(=Cc2ccc(OCCCOc3ccc(C(C)(C)C)cc3)cc2)SC1=S. The molecule has 164 valence electrons. The molecular weight excluding hydrogens is 426 g/mol. The summed E-state index contributed by atoms with van der Waals surface area (Å²) < 4.78 is 12.2. The second-order valence-electron chi connectivity index (χ2n) is 8.32.